The number of rotatable bonds is 10. The number of ether oxygens (including phenoxy) is 2. The summed E-state index contributed by atoms with van der Waals surface area (Å²) in [6, 6.07) is 6.42. The summed E-state index contributed by atoms with van der Waals surface area (Å²) in [5.41, 5.74) is 1.38. The minimum Gasteiger partial charge on any atom is -0.486 e. The summed E-state index contributed by atoms with van der Waals surface area (Å²) < 4.78 is 16.2. The number of unbranched alkanes of at least 4 members (excludes halogenated alkanes) is 1. The molecule has 1 atom stereocenters. The molecule has 1 aromatic heterocycles. The molecule has 7 nitrogen and oxygen atoms in total. The molecule has 0 unspecified atom stereocenters. The van der Waals surface area contributed by atoms with Crippen LogP contribution >= 0.6 is 0 Å². The number of ketones is 1. The number of fused-ring (bicyclic) bond motifs is 1. The van der Waals surface area contributed by atoms with E-state index < -0.39 is 0 Å². The smallest absolute Gasteiger partial charge is 0.226 e. The zero-order valence-corrected chi connectivity index (χ0v) is 22.5. The second-order valence-electron chi connectivity index (χ2n) is 9.11. The molecule has 4 rings (SSSR count). The van der Waals surface area contributed by atoms with Crippen molar-refractivity contribution >= 4 is 5.78 Å². The van der Waals surface area contributed by atoms with Crippen LogP contribution < -0.4 is 9.47 Å². The largest absolute Gasteiger partial charge is 0.486 e. The van der Waals surface area contributed by atoms with Crippen molar-refractivity contribution in [3.8, 4) is 11.5 Å². The molecule has 35 heavy (non-hydrogen) atoms. The van der Waals surface area contributed by atoms with Gasteiger partial charge in [-0.1, -0.05) is 38.4 Å². The van der Waals surface area contributed by atoms with E-state index >= 15 is 0 Å². The predicted octanol–water partition coefficient (Wildman–Crippen LogP) is 5.83. The van der Waals surface area contributed by atoms with Crippen LogP contribution in [0.1, 0.15) is 83.5 Å². The second kappa shape index (κ2) is 16.3. The van der Waals surface area contributed by atoms with Gasteiger partial charge in [0.05, 0.1) is 0 Å². The molecule has 0 radical (unpaired) electrons. The molecule has 0 spiro atoms. The van der Waals surface area contributed by atoms with Crippen molar-refractivity contribution in [2.24, 2.45) is 5.92 Å². The number of Topliss-reactive ketones (excluding diaryl/α,β-unsaturated/α-hetero) is 1. The van der Waals surface area contributed by atoms with Gasteiger partial charge in [0, 0.05) is 19.4 Å². The van der Waals surface area contributed by atoms with E-state index in [4.69, 9.17) is 14.0 Å². The van der Waals surface area contributed by atoms with Crippen molar-refractivity contribution in [1.82, 2.24) is 15.0 Å². The summed E-state index contributed by atoms with van der Waals surface area (Å²) in [6.45, 7) is 14.9. The molecule has 1 saturated heterocycles. The Morgan fingerprint density at radius 3 is 2.43 bits per heavy atom. The van der Waals surface area contributed by atoms with Gasteiger partial charge in [-0.3, -0.25) is 0 Å². The van der Waals surface area contributed by atoms with Crippen molar-refractivity contribution in [3.63, 3.8) is 0 Å². The number of carbonyl (C=O) groups excluding carboxylic acids is 1. The maximum absolute atomic E-state index is 10.6. The van der Waals surface area contributed by atoms with Crippen LogP contribution in [0.3, 0.4) is 0 Å². The topological polar surface area (TPSA) is 77.7 Å². The molecular formula is C28H45N3O4. The van der Waals surface area contributed by atoms with Crippen LogP contribution in [0.15, 0.2) is 22.7 Å². The number of carbonyl (C=O) groups is 1. The summed E-state index contributed by atoms with van der Waals surface area (Å²) in [7, 11) is 0. The lowest BCUT2D eigenvalue weighted by Gasteiger charge is -2.23. The van der Waals surface area contributed by atoms with Crippen LogP contribution in [-0.2, 0) is 17.6 Å². The van der Waals surface area contributed by atoms with E-state index in [0.717, 1.165) is 43.1 Å². The van der Waals surface area contributed by atoms with E-state index in [-0.39, 0.29) is 5.78 Å². The fourth-order valence-electron chi connectivity index (χ4n) is 4.31. The first-order chi connectivity index (χ1) is 17.0. The van der Waals surface area contributed by atoms with Gasteiger partial charge in [-0.15, -0.1) is 0 Å². The van der Waals surface area contributed by atoms with Crippen LogP contribution in [-0.4, -0.2) is 53.7 Å². The molecule has 0 N–H and O–H groups in total. The van der Waals surface area contributed by atoms with E-state index in [1.54, 1.807) is 13.8 Å². The number of likely N-dealkylation sites (tertiary alicyclic amines) is 1. The fraction of sp³-hybridized carbons (Fsp3) is 0.679. The number of nitrogens with zero attached hydrogens (tertiary/aromatic N) is 3. The van der Waals surface area contributed by atoms with Gasteiger partial charge in [-0.05, 0) is 82.7 Å². The molecule has 3 heterocycles. The molecule has 196 valence electrons. The van der Waals surface area contributed by atoms with Crippen LogP contribution in [0.4, 0.5) is 0 Å². The highest BCUT2D eigenvalue weighted by Crippen LogP contribution is 2.31. The SMILES string of the molecule is CC.CC(=O)CCCCc1nc(C)no1.CC[C@@H](Cc1ccc2c(c1)OCCO2)CN1CCCC1. The number of aromatic nitrogens is 2. The Morgan fingerprint density at radius 1 is 1.09 bits per heavy atom. The van der Waals surface area contributed by atoms with Gasteiger partial charge >= 0.3 is 0 Å². The third-order valence-electron chi connectivity index (χ3n) is 6.16. The molecule has 0 amide bonds. The quantitative estimate of drug-likeness (QED) is 0.390. The summed E-state index contributed by atoms with van der Waals surface area (Å²) >= 11 is 0. The zero-order valence-electron chi connectivity index (χ0n) is 22.5. The molecule has 7 heteroatoms. The summed E-state index contributed by atoms with van der Waals surface area (Å²) in [5, 5.41) is 3.68. The van der Waals surface area contributed by atoms with Crippen molar-refractivity contribution in [2.45, 2.75) is 86.0 Å². The second-order valence-corrected chi connectivity index (χ2v) is 9.11. The minimum atomic E-state index is 0.238. The molecule has 1 fully saturated rings. The Morgan fingerprint density at radius 2 is 1.80 bits per heavy atom. The lowest BCUT2D eigenvalue weighted by atomic mass is 9.96. The molecule has 2 aliphatic heterocycles. The Labute approximate surface area is 211 Å². The molecule has 2 aliphatic rings. The monoisotopic (exact) mass is 487 g/mol. The zero-order chi connectivity index (χ0) is 25.5. The van der Waals surface area contributed by atoms with E-state index in [2.05, 4.69) is 40.2 Å². The lowest BCUT2D eigenvalue weighted by Crippen LogP contribution is -2.27. The number of hydrogen-bond donors (Lipinski definition) is 0. The van der Waals surface area contributed by atoms with Gasteiger partial charge in [0.15, 0.2) is 17.3 Å². The van der Waals surface area contributed by atoms with E-state index in [1.165, 1.54) is 44.5 Å². The normalized spacial score (nSPS) is 15.5. The van der Waals surface area contributed by atoms with Crippen LogP contribution in [0.2, 0.25) is 0 Å². The standard InChI is InChI=1S/C17H25NO2.C9H14N2O2.C2H6/c1-2-14(13-18-7-3-4-8-18)11-15-5-6-16-17(12-15)20-10-9-19-16;1-7(12)5-3-4-6-9-10-8(2)11-13-9;1-2/h5-6,12,14H,2-4,7-11,13H2,1H3;3-6H2,1-2H3;1-2H3/t14-;;/m0../s1. The van der Waals surface area contributed by atoms with Gasteiger partial charge in [-0.25, -0.2) is 0 Å². The third-order valence-corrected chi connectivity index (χ3v) is 6.16. The maximum atomic E-state index is 10.6. The highest BCUT2D eigenvalue weighted by atomic mass is 16.6. The van der Waals surface area contributed by atoms with Crippen molar-refractivity contribution < 1.29 is 18.8 Å². The van der Waals surface area contributed by atoms with Gasteiger partial charge in [-0.2, -0.15) is 4.98 Å². The van der Waals surface area contributed by atoms with E-state index in [9.17, 15) is 4.79 Å². The Hall–Kier alpha value is -2.41. The molecule has 1 aromatic carbocycles. The third kappa shape index (κ3) is 10.8. The van der Waals surface area contributed by atoms with Gasteiger partial charge < -0.3 is 23.7 Å². The lowest BCUT2D eigenvalue weighted by molar-refractivity contribution is -0.117. The molecule has 0 bridgehead atoms. The van der Waals surface area contributed by atoms with Gasteiger partial charge in [0.1, 0.15) is 19.0 Å². The highest BCUT2D eigenvalue weighted by Gasteiger charge is 2.18. The first-order valence-corrected chi connectivity index (χ1v) is 13.4. The number of hydrogen-bond acceptors (Lipinski definition) is 7. The summed E-state index contributed by atoms with van der Waals surface area (Å²) in [5.74, 6) is 4.14. The van der Waals surface area contributed by atoms with E-state index in [0.29, 0.717) is 31.3 Å². The number of benzene rings is 1. The van der Waals surface area contributed by atoms with Crippen LogP contribution in [0, 0.1) is 12.8 Å². The molecule has 0 aliphatic carbocycles. The molecule has 0 saturated carbocycles. The van der Waals surface area contributed by atoms with E-state index in [1.807, 2.05) is 13.8 Å². The predicted molar refractivity (Wildman–Crippen MR) is 139 cm³/mol. The van der Waals surface area contributed by atoms with Crippen molar-refractivity contribution in [3.05, 3.63) is 35.5 Å². The van der Waals surface area contributed by atoms with Crippen molar-refractivity contribution in [2.75, 3.05) is 32.8 Å². The molecule has 2 aromatic rings. The summed E-state index contributed by atoms with van der Waals surface area (Å²) in [4.78, 5) is 17.3. The molecular weight excluding hydrogens is 442 g/mol. The van der Waals surface area contributed by atoms with Crippen LogP contribution in [0.25, 0.3) is 0 Å². The summed E-state index contributed by atoms with van der Waals surface area (Å²) in [6.07, 6.45) is 8.38. The first kappa shape index (κ1) is 28.8. The Balaban J connectivity index is 0.000000251. The van der Waals surface area contributed by atoms with Crippen LogP contribution in [0.5, 0.6) is 11.5 Å². The van der Waals surface area contributed by atoms with Gasteiger partial charge in [0.25, 0.3) is 0 Å². The highest BCUT2D eigenvalue weighted by molar-refractivity contribution is 5.75. The number of aryl methyl sites for hydroxylation is 2. The fourth-order valence-corrected chi connectivity index (χ4v) is 4.31. The average Bonchev–Trinajstić information content (AvgIpc) is 3.54. The Kier molecular flexibility index (Phi) is 13.4. The van der Waals surface area contributed by atoms with Gasteiger partial charge in [0.2, 0.25) is 5.89 Å². The Bertz CT molecular complexity index is 862. The maximum Gasteiger partial charge on any atom is 0.226 e. The first-order valence-electron chi connectivity index (χ1n) is 13.4. The van der Waals surface area contributed by atoms with Crippen molar-refractivity contribution in [1.29, 1.82) is 0 Å². The minimum absolute atomic E-state index is 0.238. The average molecular weight is 488 g/mol.